The first-order valence-electron chi connectivity index (χ1n) is 9.30. The van der Waals surface area contributed by atoms with Crippen LogP contribution in [0.5, 0.6) is 0 Å². The number of aromatic nitrogens is 7. The molecule has 3 aromatic heterocycles. The predicted octanol–water partition coefficient (Wildman–Crippen LogP) is 2.74. The van der Waals surface area contributed by atoms with Gasteiger partial charge < -0.3 is 0 Å². The lowest BCUT2D eigenvalue weighted by atomic mass is 10.0. The molecular formula is C20H21N7O. The first kappa shape index (κ1) is 17.8. The summed E-state index contributed by atoms with van der Waals surface area (Å²) in [6, 6.07) is 11.7. The summed E-state index contributed by atoms with van der Waals surface area (Å²) in [6.07, 6.45) is 7.55. The van der Waals surface area contributed by atoms with E-state index < -0.39 is 0 Å². The summed E-state index contributed by atoms with van der Waals surface area (Å²) in [5, 5.41) is 14.2. The van der Waals surface area contributed by atoms with Crippen molar-refractivity contribution in [3.05, 3.63) is 71.0 Å². The third kappa shape index (κ3) is 3.62. The summed E-state index contributed by atoms with van der Waals surface area (Å²) in [4.78, 5) is 17.0. The van der Waals surface area contributed by atoms with Crippen LogP contribution < -0.4 is 5.69 Å². The Bertz CT molecular complexity index is 1090. The predicted molar refractivity (Wildman–Crippen MR) is 106 cm³/mol. The van der Waals surface area contributed by atoms with Crippen LogP contribution in [0, 0.1) is 0 Å². The number of benzene rings is 1. The van der Waals surface area contributed by atoms with Crippen LogP contribution in [-0.4, -0.2) is 34.7 Å². The minimum atomic E-state index is 0.0139. The topological polar surface area (TPSA) is 94.3 Å². The van der Waals surface area contributed by atoms with Gasteiger partial charge in [-0.05, 0) is 23.3 Å². The normalized spacial score (nSPS) is 11.0. The number of pyridine rings is 1. The summed E-state index contributed by atoms with van der Waals surface area (Å²) < 4.78 is 3.46. The molecule has 0 spiro atoms. The average molecular weight is 375 g/mol. The quantitative estimate of drug-likeness (QED) is 0.536. The number of hydrogen-bond donors (Lipinski definition) is 1. The largest absolute Gasteiger partial charge is 0.328 e. The monoisotopic (exact) mass is 375 g/mol. The number of hydrogen-bond acceptors (Lipinski definition) is 5. The Kier molecular flexibility index (Phi) is 5.09. The van der Waals surface area contributed by atoms with Crippen molar-refractivity contribution in [1.29, 1.82) is 0 Å². The van der Waals surface area contributed by atoms with Crippen LogP contribution in [0.2, 0.25) is 0 Å². The van der Waals surface area contributed by atoms with E-state index in [-0.39, 0.29) is 5.69 Å². The number of nitrogens with zero attached hydrogens (tertiary/aromatic N) is 6. The molecule has 0 atom stereocenters. The van der Waals surface area contributed by atoms with Crippen molar-refractivity contribution in [3.8, 4) is 22.6 Å². The first-order valence-corrected chi connectivity index (χ1v) is 9.30. The fourth-order valence-electron chi connectivity index (χ4n) is 3.12. The van der Waals surface area contributed by atoms with Crippen LogP contribution in [0.25, 0.3) is 22.6 Å². The molecule has 4 aromatic rings. The summed E-state index contributed by atoms with van der Waals surface area (Å²) >= 11 is 0. The van der Waals surface area contributed by atoms with Gasteiger partial charge in [0.15, 0.2) is 0 Å². The number of H-pyrrole nitrogens is 1. The molecule has 0 unspecified atom stereocenters. The van der Waals surface area contributed by atoms with Gasteiger partial charge in [0.1, 0.15) is 0 Å². The van der Waals surface area contributed by atoms with Crippen LogP contribution in [0.1, 0.15) is 25.3 Å². The zero-order valence-corrected chi connectivity index (χ0v) is 15.6. The zero-order chi connectivity index (χ0) is 19.3. The summed E-state index contributed by atoms with van der Waals surface area (Å²) in [5.74, 6) is 0.529. The van der Waals surface area contributed by atoms with Gasteiger partial charge in [-0.25, -0.2) is 4.79 Å². The van der Waals surface area contributed by atoms with E-state index >= 15 is 0 Å². The summed E-state index contributed by atoms with van der Waals surface area (Å²) in [5.41, 5.74) is 3.59. The lowest BCUT2D eigenvalue weighted by Gasteiger charge is -2.07. The van der Waals surface area contributed by atoms with Gasteiger partial charge in [0.25, 0.3) is 0 Å². The molecule has 3 heterocycles. The number of imidazole rings is 1. The molecule has 0 aliphatic heterocycles. The fourth-order valence-corrected chi connectivity index (χ4v) is 3.12. The van der Waals surface area contributed by atoms with Crippen molar-refractivity contribution in [2.75, 3.05) is 0 Å². The molecule has 0 amide bonds. The molecule has 8 nitrogen and oxygen atoms in total. The van der Waals surface area contributed by atoms with E-state index in [1.165, 1.54) is 0 Å². The van der Waals surface area contributed by atoms with Crippen LogP contribution >= 0.6 is 0 Å². The van der Waals surface area contributed by atoms with Gasteiger partial charge in [0.2, 0.25) is 5.82 Å². The van der Waals surface area contributed by atoms with Gasteiger partial charge in [-0.15, -0.1) is 10.2 Å². The lowest BCUT2D eigenvalue weighted by molar-refractivity contribution is 0.594. The van der Waals surface area contributed by atoms with Crippen molar-refractivity contribution >= 4 is 0 Å². The van der Waals surface area contributed by atoms with Crippen molar-refractivity contribution < 1.29 is 0 Å². The Morgan fingerprint density at radius 3 is 2.57 bits per heavy atom. The highest BCUT2D eigenvalue weighted by atomic mass is 16.1. The van der Waals surface area contributed by atoms with Crippen molar-refractivity contribution in [1.82, 2.24) is 34.7 Å². The highest BCUT2D eigenvalue weighted by Gasteiger charge is 2.12. The second-order valence-electron chi connectivity index (χ2n) is 6.59. The molecule has 0 aliphatic carbocycles. The number of aryl methyl sites for hydroxylation is 1. The molecule has 142 valence electrons. The Morgan fingerprint density at radius 2 is 1.86 bits per heavy atom. The van der Waals surface area contributed by atoms with Gasteiger partial charge in [-0.1, -0.05) is 43.7 Å². The molecule has 0 radical (unpaired) electrons. The van der Waals surface area contributed by atoms with Crippen LogP contribution in [-0.2, 0) is 13.1 Å². The number of unbranched alkanes of at least 4 members (excludes halogenated alkanes) is 1. The Labute approximate surface area is 161 Å². The number of rotatable bonds is 7. The van der Waals surface area contributed by atoms with E-state index in [0.29, 0.717) is 12.4 Å². The lowest BCUT2D eigenvalue weighted by Crippen LogP contribution is -2.24. The molecule has 0 saturated carbocycles. The molecule has 4 rings (SSSR count). The van der Waals surface area contributed by atoms with E-state index in [1.807, 2.05) is 48.8 Å². The Balaban J connectivity index is 1.56. The Hall–Kier alpha value is -3.55. The second kappa shape index (κ2) is 7.99. The molecule has 0 fully saturated rings. The molecule has 0 saturated heterocycles. The number of tetrazole rings is 1. The number of aromatic amines is 1. The molecule has 1 aromatic carbocycles. The van der Waals surface area contributed by atoms with E-state index in [2.05, 4.69) is 32.5 Å². The fraction of sp³-hybridized carbons (Fsp3) is 0.250. The van der Waals surface area contributed by atoms with Crippen LogP contribution in [0.3, 0.4) is 0 Å². The highest BCUT2D eigenvalue weighted by Crippen LogP contribution is 2.28. The van der Waals surface area contributed by atoms with Crippen LogP contribution in [0.4, 0.5) is 0 Å². The van der Waals surface area contributed by atoms with Crippen molar-refractivity contribution in [3.63, 3.8) is 0 Å². The smallest absolute Gasteiger partial charge is 0.299 e. The third-order valence-electron chi connectivity index (χ3n) is 4.64. The van der Waals surface area contributed by atoms with E-state index in [9.17, 15) is 4.79 Å². The van der Waals surface area contributed by atoms with Crippen molar-refractivity contribution in [2.45, 2.75) is 32.9 Å². The minimum Gasteiger partial charge on any atom is -0.299 e. The standard InChI is InChI=1S/C20H21N7O/c1-2-3-10-26-11-12-27(20(26)28)14-15-8-9-18(21-13-15)16-6-4-5-7-17(16)19-22-24-25-23-19/h4-9,11-13H,2-3,10,14H2,1H3,(H,22,23,24,25). The molecule has 28 heavy (non-hydrogen) atoms. The summed E-state index contributed by atoms with van der Waals surface area (Å²) in [7, 11) is 0. The first-order chi connectivity index (χ1) is 13.8. The van der Waals surface area contributed by atoms with Gasteiger partial charge in [-0.2, -0.15) is 5.21 Å². The van der Waals surface area contributed by atoms with E-state index in [0.717, 1.165) is 41.8 Å². The summed E-state index contributed by atoms with van der Waals surface area (Å²) in [6.45, 7) is 3.37. The number of nitrogens with one attached hydrogen (secondary N) is 1. The molecule has 1 N–H and O–H groups in total. The van der Waals surface area contributed by atoms with Crippen molar-refractivity contribution in [2.24, 2.45) is 0 Å². The highest BCUT2D eigenvalue weighted by molar-refractivity contribution is 5.78. The second-order valence-corrected chi connectivity index (χ2v) is 6.59. The average Bonchev–Trinajstić information content (AvgIpc) is 3.38. The van der Waals surface area contributed by atoms with E-state index in [1.54, 1.807) is 15.3 Å². The Morgan fingerprint density at radius 1 is 1.04 bits per heavy atom. The van der Waals surface area contributed by atoms with Gasteiger partial charge in [0.05, 0.1) is 12.2 Å². The molecule has 8 heteroatoms. The molecule has 0 bridgehead atoms. The molecular weight excluding hydrogens is 354 g/mol. The van der Waals surface area contributed by atoms with Crippen LogP contribution in [0.15, 0.2) is 59.8 Å². The minimum absolute atomic E-state index is 0.0139. The zero-order valence-electron chi connectivity index (χ0n) is 15.6. The molecule has 0 aliphatic rings. The maximum absolute atomic E-state index is 12.4. The maximum atomic E-state index is 12.4. The maximum Gasteiger partial charge on any atom is 0.328 e. The van der Waals surface area contributed by atoms with E-state index in [4.69, 9.17) is 0 Å². The van der Waals surface area contributed by atoms with Gasteiger partial charge in [0, 0.05) is 36.3 Å². The van der Waals surface area contributed by atoms with Gasteiger partial charge >= 0.3 is 5.69 Å². The SMILES string of the molecule is CCCCn1ccn(Cc2ccc(-c3ccccc3-c3nn[nH]n3)nc2)c1=O. The van der Waals surface area contributed by atoms with Gasteiger partial charge in [-0.3, -0.25) is 14.1 Å². The third-order valence-corrected chi connectivity index (χ3v) is 4.64.